The standard InChI is InChI=1S/C32H35FN4O8/c1-18(2)12-26(31(41)35-25(15-30(39)40)20-8-11-27-28(13-20)45-17-44-27)34-29(38)16-43-21-9-10-24(22(33)14-21)37-32(42)36-23-7-5-4-6-19(23)3/h4-11,13-14,18,25-26H,12,15-17H2,1-3H3,(H,34,38)(H,35,41)(H,39,40)(H2,36,37,42). The molecule has 238 valence electrons. The van der Waals surface area contributed by atoms with Gasteiger partial charge in [-0.3, -0.25) is 14.4 Å². The van der Waals surface area contributed by atoms with Gasteiger partial charge in [-0.15, -0.1) is 0 Å². The molecule has 1 aliphatic rings. The summed E-state index contributed by atoms with van der Waals surface area (Å²) in [6.45, 7) is 5.08. The molecule has 3 aromatic rings. The lowest BCUT2D eigenvalue weighted by Crippen LogP contribution is -2.49. The quantitative estimate of drug-likeness (QED) is 0.182. The highest BCUT2D eigenvalue weighted by atomic mass is 19.1. The van der Waals surface area contributed by atoms with Gasteiger partial charge in [-0.1, -0.05) is 38.1 Å². The minimum absolute atomic E-state index is 0.00239. The topological polar surface area (TPSA) is 164 Å². The Morgan fingerprint density at radius 3 is 2.38 bits per heavy atom. The molecule has 0 aromatic heterocycles. The number of anilines is 2. The molecule has 13 heteroatoms. The number of amides is 4. The average molecular weight is 623 g/mol. The predicted octanol–water partition coefficient (Wildman–Crippen LogP) is 4.75. The Labute approximate surface area is 259 Å². The van der Waals surface area contributed by atoms with Gasteiger partial charge in [-0.2, -0.15) is 0 Å². The third-order valence-electron chi connectivity index (χ3n) is 6.80. The van der Waals surface area contributed by atoms with Crippen molar-refractivity contribution in [3.63, 3.8) is 0 Å². The van der Waals surface area contributed by atoms with Gasteiger partial charge in [0.1, 0.15) is 17.6 Å². The van der Waals surface area contributed by atoms with Gasteiger partial charge >= 0.3 is 12.0 Å². The lowest BCUT2D eigenvalue weighted by molar-refractivity contribution is -0.138. The van der Waals surface area contributed by atoms with Crippen LogP contribution in [0.3, 0.4) is 0 Å². The number of aliphatic carboxylic acids is 1. The lowest BCUT2D eigenvalue weighted by atomic mass is 10.00. The van der Waals surface area contributed by atoms with Crippen LogP contribution in [0.5, 0.6) is 17.2 Å². The zero-order valence-electron chi connectivity index (χ0n) is 25.0. The maximum absolute atomic E-state index is 14.7. The van der Waals surface area contributed by atoms with E-state index in [9.17, 15) is 28.7 Å². The van der Waals surface area contributed by atoms with Crippen molar-refractivity contribution in [3.05, 3.63) is 77.6 Å². The molecule has 4 rings (SSSR count). The summed E-state index contributed by atoms with van der Waals surface area (Å²) in [6, 6.07) is 13.2. The molecule has 45 heavy (non-hydrogen) atoms. The van der Waals surface area contributed by atoms with E-state index < -0.39 is 54.7 Å². The summed E-state index contributed by atoms with van der Waals surface area (Å²) in [5, 5.41) is 19.9. The summed E-state index contributed by atoms with van der Waals surface area (Å²) in [4.78, 5) is 50.0. The second-order valence-electron chi connectivity index (χ2n) is 10.8. The lowest BCUT2D eigenvalue weighted by Gasteiger charge is -2.24. The number of carbonyl (C=O) groups excluding carboxylic acids is 3. The molecule has 1 heterocycles. The van der Waals surface area contributed by atoms with Gasteiger partial charge in [-0.25, -0.2) is 9.18 Å². The molecule has 0 aliphatic carbocycles. The van der Waals surface area contributed by atoms with Crippen molar-refractivity contribution in [1.82, 2.24) is 10.6 Å². The number of nitrogens with one attached hydrogen (secondary N) is 4. The van der Waals surface area contributed by atoms with Gasteiger partial charge in [-0.05, 0) is 60.7 Å². The average Bonchev–Trinajstić information content (AvgIpc) is 3.45. The van der Waals surface area contributed by atoms with E-state index in [1.807, 2.05) is 32.9 Å². The number of urea groups is 1. The first kappa shape index (κ1) is 32.6. The number of carbonyl (C=O) groups is 4. The largest absolute Gasteiger partial charge is 0.484 e. The van der Waals surface area contributed by atoms with Crippen LogP contribution >= 0.6 is 0 Å². The van der Waals surface area contributed by atoms with Gasteiger partial charge in [0.2, 0.25) is 12.7 Å². The normalized spacial score (nSPS) is 13.0. The number of aryl methyl sites for hydroxylation is 1. The fourth-order valence-electron chi connectivity index (χ4n) is 4.59. The summed E-state index contributed by atoms with van der Waals surface area (Å²) >= 11 is 0. The number of hydrogen-bond donors (Lipinski definition) is 5. The van der Waals surface area contributed by atoms with Gasteiger partial charge in [0, 0.05) is 11.8 Å². The minimum atomic E-state index is -1.13. The van der Waals surface area contributed by atoms with E-state index in [1.54, 1.807) is 30.3 Å². The number of carboxylic acid groups (broad SMARTS) is 1. The van der Waals surface area contributed by atoms with Crippen molar-refractivity contribution in [3.8, 4) is 17.2 Å². The maximum Gasteiger partial charge on any atom is 0.323 e. The molecule has 0 spiro atoms. The molecule has 0 bridgehead atoms. The summed E-state index contributed by atoms with van der Waals surface area (Å²) in [5.41, 5.74) is 1.83. The van der Waals surface area contributed by atoms with Gasteiger partial charge in [0.05, 0.1) is 18.2 Å². The third kappa shape index (κ3) is 9.33. The van der Waals surface area contributed by atoms with Gasteiger partial charge in [0.15, 0.2) is 18.1 Å². The van der Waals surface area contributed by atoms with Crippen LogP contribution in [-0.2, 0) is 14.4 Å². The number of hydrogen-bond acceptors (Lipinski definition) is 7. The fourth-order valence-corrected chi connectivity index (χ4v) is 4.59. The van der Waals surface area contributed by atoms with Crippen molar-refractivity contribution in [2.75, 3.05) is 24.0 Å². The van der Waals surface area contributed by atoms with E-state index in [-0.39, 0.29) is 30.6 Å². The molecule has 4 amide bonds. The number of fused-ring (bicyclic) bond motifs is 1. The smallest absolute Gasteiger partial charge is 0.323 e. The van der Waals surface area contributed by atoms with Crippen LogP contribution in [0.4, 0.5) is 20.6 Å². The van der Waals surface area contributed by atoms with E-state index in [0.717, 1.165) is 11.6 Å². The Morgan fingerprint density at radius 1 is 0.933 bits per heavy atom. The van der Waals surface area contributed by atoms with Crippen LogP contribution in [0, 0.1) is 18.7 Å². The van der Waals surface area contributed by atoms with Crippen LogP contribution in [0.1, 0.15) is 43.9 Å². The van der Waals surface area contributed by atoms with E-state index in [4.69, 9.17) is 14.2 Å². The van der Waals surface area contributed by atoms with E-state index >= 15 is 0 Å². The highest BCUT2D eigenvalue weighted by Gasteiger charge is 2.27. The minimum Gasteiger partial charge on any atom is -0.484 e. The Balaban J connectivity index is 1.34. The first-order valence-electron chi connectivity index (χ1n) is 14.3. The fraction of sp³-hybridized carbons (Fsp3) is 0.312. The third-order valence-corrected chi connectivity index (χ3v) is 6.80. The molecule has 3 aromatic carbocycles. The molecule has 5 N–H and O–H groups in total. The van der Waals surface area contributed by atoms with Crippen molar-refractivity contribution >= 4 is 35.2 Å². The van der Waals surface area contributed by atoms with Crippen molar-refractivity contribution in [2.24, 2.45) is 5.92 Å². The first-order valence-corrected chi connectivity index (χ1v) is 14.3. The van der Waals surface area contributed by atoms with Crippen LogP contribution in [0.2, 0.25) is 0 Å². The predicted molar refractivity (Wildman–Crippen MR) is 163 cm³/mol. The van der Waals surface area contributed by atoms with Crippen LogP contribution in [-0.4, -0.2) is 48.4 Å². The van der Waals surface area contributed by atoms with Gasteiger partial charge < -0.3 is 40.6 Å². The number of rotatable bonds is 13. The molecule has 12 nitrogen and oxygen atoms in total. The summed E-state index contributed by atoms with van der Waals surface area (Å²) < 4.78 is 30.8. The Kier molecular flexibility index (Phi) is 10.8. The second-order valence-corrected chi connectivity index (χ2v) is 10.8. The number of carboxylic acids is 1. The summed E-state index contributed by atoms with van der Waals surface area (Å²) in [6.07, 6.45) is -0.140. The summed E-state index contributed by atoms with van der Waals surface area (Å²) in [7, 11) is 0. The highest BCUT2D eigenvalue weighted by Crippen LogP contribution is 2.35. The molecule has 1 aliphatic heterocycles. The number of para-hydroxylation sites is 1. The van der Waals surface area contributed by atoms with Crippen molar-refractivity contribution in [2.45, 2.75) is 45.7 Å². The molecular formula is C32H35FN4O8. The van der Waals surface area contributed by atoms with Gasteiger partial charge in [0.25, 0.3) is 5.91 Å². The van der Waals surface area contributed by atoms with Crippen LogP contribution in [0.25, 0.3) is 0 Å². The Morgan fingerprint density at radius 2 is 1.67 bits per heavy atom. The summed E-state index contributed by atoms with van der Waals surface area (Å²) in [5.74, 6) is -2.15. The zero-order chi connectivity index (χ0) is 32.5. The monoisotopic (exact) mass is 622 g/mol. The number of benzene rings is 3. The molecular weight excluding hydrogens is 587 g/mol. The first-order chi connectivity index (χ1) is 21.5. The maximum atomic E-state index is 14.7. The number of halogens is 1. The molecule has 2 unspecified atom stereocenters. The van der Waals surface area contributed by atoms with Crippen LogP contribution < -0.4 is 35.5 Å². The second kappa shape index (κ2) is 14.9. The van der Waals surface area contributed by atoms with E-state index in [0.29, 0.717) is 22.7 Å². The van der Waals surface area contributed by atoms with Crippen molar-refractivity contribution in [1.29, 1.82) is 0 Å². The Hall–Kier alpha value is -5.33. The molecule has 0 radical (unpaired) electrons. The number of ether oxygens (including phenoxy) is 3. The SMILES string of the molecule is Cc1ccccc1NC(=O)Nc1ccc(OCC(=O)NC(CC(C)C)C(=O)NC(CC(=O)O)c2ccc3c(c2)OCO3)cc1F. The van der Waals surface area contributed by atoms with Crippen molar-refractivity contribution < 1.29 is 42.9 Å². The van der Waals surface area contributed by atoms with Crippen LogP contribution in [0.15, 0.2) is 60.7 Å². The molecule has 0 fully saturated rings. The molecule has 0 saturated heterocycles. The Bertz CT molecular complexity index is 1560. The van der Waals surface area contributed by atoms with E-state index in [1.165, 1.54) is 12.1 Å². The van der Waals surface area contributed by atoms with E-state index in [2.05, 4.69) is 21.3 Å². The zero-order valence-corrected chi connectivity index (χ0v) is 25.0. The highest BCUT2D eigenvalue weighted by molar-refractivity contribution is 6.00. The molecule has 2 atom stereocenters. The molecule has 0 saturated carbocycles.